The third kappa shape index (κ3) is 4.25. The fourth-order valence-electron chi connectivity index (χ4n) is 6.46. The third-order valence-electron chi connectivity index (χ3n) is 8.57. The Morgan fingerprint density at radius 2 is 1.07 bits per heavy atom. The van der Waals surface area contributed by atoms with E-state index in [9.17, 15) is 0 Å². The fourth-order valence-corrected chi connectivity index (χ4v) is 6.46. The van der Waals surface area contributed by atoms with Gasteiger partial charge in [0.25, 0.3) is 0 Å². The topological polar surface area (TPSA) is 56.5 Å². The molecule has 3 heterocycles. The quantitative estimate of drug-likeness (QED) is 0.196. The minimum atomic E-state index is 0.847. The Bertz CT molecular complexity index is 2480. The van der Waals surface area contributed by atoms with E-state index in [0.717, 1.165) is 49.9 Å². The molecule has 0 fully saturated rings. The molecule has 0 spiro atoms. The number of benzene rings is 6. The van der Waals surface area contributed by atoms with Gasteiger partial charge in [-0.2, -0.15) is 4.80 Å². The van der Waals surface area contributed by atoms with Crippen LogP contribution in [0.4, 0.5) is 0 Å². The van der Waals surface area contributed by atoms with Crippen molar-refractivity contribution in [2.45, 2.75) is 0 Å². The molecular formula is C40H25N5. The molecule has 0 bridgehead atoms. The molecule has 0 radical (unpaired) electrons. The van der Waals surface area contributed by atoms with Crippen LogP contribution in [0.3, 0.4) is 0 Å². The maximum absolute atomic E-state index is 4.91. The van der Waals surface area contributed by atoms with Gasteiger partial charge in [0, 0.05) is 29.5 Å². The van der Waals surface area contributed by atoms with Crippen LogP contribution in [0.15, 0.2) is 152 Å². The van der Waals surface area contributed by atoms with Crippen molar-refractivity contribution in [2.24, 2.45) is 0 Å². The number of aromatic nitrogens is 5. The lowest BCUT2D eigenvalue weighted by Gasteiger charge is -2.17. The summed E-state index contributed by atoms with van der Waals surface area (Å²) in [7, 11) is 0. The van der Waals surface area contributed by atoms with Gasteiger partial charge in [-0.25, -0.2) is 0 Å². The Balaban J connectivity index is 1.20. The van der Waals surface area contributed by atoms with Crippen LogP contribution < -0.4 is 0 Å². The highest BCUT2D eigenvalue weighted by Crippen LogP contribution is 2.44. The van der Waals surface area contributed by atoms with Gasteiger partial charge in [0.05, 0.1) is 11.2 Å². The summed E-state index contributed by atoms with van der Waals surface area (Å²) in [6.07, 6.45) is 5.66. The van der Waals surface area contributed by atoms with Gasteiger partial charge in [-0.3, -0.25) is 9.97 Å². The molecule has 0 aliphatic carbocycles. The Morgan fingerprint density at radius 3 is 1.78 bits per heavy atom. The van der Waals surface area contributed by atoms with Crippen LogP contribution in [-0.4, -0.2) is 25.0 Å². The molecule has 210 valence electrons. The molecule has 0 saturated carbocycles. The summed E-state index contributed by atoms with van der Waals surface area (Å²) in [5.41, 5.74) is 10.4. The molecule has 45 heavy (non-hydrogen) atoms. The molecule has 0 unspecified atom stereocenters. The normalized spacial score (nSPS) is 11.6. The molecule has 3 aromatic heterocycles. The Morgan fingerprint density at radius 1 is 0.422 bits per heavy atom. The minimum absolute atomic E-state index is 0.847. The summed E-state index contributed by atoms with van der Waals surface area (Å²) in [6.45, 7) is 0. The number of pyridine rings is 2. The van der Waals surface area contributed by atoms with Crippen molar-refractivity contribution >= 4 is 43.5 Å². The molecule has 6 aromatic carbocycles. The lowest BCUT2D eigenvalue weighted by Crippen LogP contribution is -1.97. The molecule has 0 N–H and O–H groups in total. The third-order valence-corrected chi connectivity index (χ3v) is 8.57. The number of rotatable bonds is 4. The van der Waals surface area contributed by atoms with Gasteiger partial charge >= 0.3 is 0 Å². The van der Waals surface area contributed by atoms with Crippen molar-refractivity contribution in [3.05, 3.63) is 152 Å². The molecule has 9 aromatic rings. The van der Waals surface area contributed by atoms with E-state index < -0.39 is 0 Å². The van der Waals surface area contributed by atoms with E-state index in [1.54, 1.807) is 11.0 Å². The Labute approximate surface area is 259 Å². The van der Waals surface area contributed by atoms with E-state index in [0.29, 0.717) is 0 Å². The monoisotopic (exact) mass is 575 g/mol. The highest BCUT2D eigenvalue weighted by Gasteiger charge is 2.18. The Kier molecular flexibility index (Phi) is 5.74. The van der Waals surface area contributed by atoms with Gasteiger partial charge in [-0.1, -0.05) is 91.0 Å². The average molecular weight is 576 g/mol. The Hall–Kier alpha value is -6.20. The summed E-state index contributed by atoms with van der Waals surface area (Å²) in [5, 5.41) is 15.6. The van der Waals surface area contributed by atoms with Crippen LogP contribution in [-0.2, 0) is 0 Å². The first-order chi connectivity index (χ1) is 22.3. The van der Waals surface area contributed by atoms with Crippen molar-refractivity contribution in [3.8, 4) is 39.1 Å². The molecule has 0 atom stereocenters. The molecule has 5 heteroatoms. The zero-order valence-electron chi connectivity index (χ0n) is 24.2. The lowest BCUT2D eigenvalue weighted by atomic mass is 9.86. The summed E-state index contributed by atoms with van der Waals surface area (Å²) < 4.78 is 0. The lowest BCUT2D eigenvalue weighted by molar-refractivity contribution is 0.766. The van der Waals surface area contributed by atoms with Crippen LogP contribution in [0.1, 0.15) is 0 Å². The SMILES string of the molecule is c1cncc(-c2ccc(-n3nc4ccc(-c5c6ccccc6c(-c6cnc7ccccc7c6)c6ccccc56)cc4n3)cc2)c1. The van der Waals surface area contributed by atoms with Crippen molar-refractivity contribution in [2.75, 3.05) is 0 Å². The number of nitrogens with zero attached hydrogens (tertiary/aromatic N) is 5. The van der Waals surface area contributed by atoms with Crippen molar-refractivity contribution in [1.29, 1.82) is 0 Å². The van der Waals surface area contributed by atoms with Crippen LogP contribution in [0.25, 0.3) is 82.5 Å². The predicted octanol–water partition coefficient (Wildman–Crippen LogP) is 9.67. The van der Waals surface area contributed by atoms with Crippen LogP contribution in [0.2, 0.25) is 0 Å². The first-order valence-corrected chi connectivity index (χ1v) is 15.0. The second-order valence-corrected chi connectivity index (χ2v) is 11.2. The average Bonchev–Trinajstić information content (AvgIpc) is 3.54. The second-order valence-electron chi connectivity index (χ2n) is 11.2. The van der Waals surface area contributed by atoms with E-state index in [1.807, 2.05) is 36.7 Å². The largest absolute Gasteiger partial charge is 0.264 e. The molecule has 5 nitrogen and oxygen atoms in total. The van der Waals surface area contributed by atoms with Crippen molar-refractivity contribution in [1.82, 2.24) is 25.0 Å². The van der Waals surface area contributed by atoms with Gasteiger partial charge in [-0.15, -0.1) is 10.2 Å². The zero-order valence-corrected chi connectivity index (χ0v) is 24.2. The predicted molar refractivity (Wildman–Crippen MR) is 183 cm³/mol. The summed E-state index contributed by atoms with van der Waals surface area (Å²) in [5.74, 6) is 0. The standard InChI is InChI=1S/C40H25N5/c1-6-14-36-27(8-1)22-30(25-42-36)40-34-12-4-2-10-32(34)39(33-11-3-5-13-35(33)40)28-17-20-37-38(23-28)44-45(43-37)31-18-15-26(16-19-31)29-9-7-21-41-24-29/h1-25H. The maximum atomic E-state index is 4.91. The van der Waals surface area contributed by atoms with Gasteiger partial charge in [0.1, 0.15) is 11.0 Å². The second kappa shape index (κ2) is 10.2. The molecule has 0 saturated heterocycles. The summed E-state index contributed by atoms with van der Waals surface area (Å²) >= 11 is 0. The molecule has 0 amide bonds. The van der Waals surface area contributed by atoms with Gasteiger partial charge < -0.3 is 0 Å². The fraction of sp³-hybridized carbons (Fsp3) is 0. The van der Waals surface area contributed by atoms with Crippen LogP contribution in [0, 0.1) is 0 Å². The highest BCUT2D eigenvalue weighted by molar-refractivity contribution is 6.21. The molecular weight excluding hydrogens is 550 g/mol. The smallest absolute Gasteiger partial charge is 0.114 e. The zero-order chi connectivity index (χ0) is 29.7. The van der Waals surface area contributed by atoms with Crippen molar-refractivity contribution < 1.29 is 0 Å². The first kappa shape index (κ1) is 25.3. The number of hydrogen-bond acceptors (Lipinski definition) is 4. The summed E-state index contributed by atoms with van der Waals surface area (Å²) in [6, 6.07) is 46.6. The summed E-state index contributed by atoms with van der Waals surface area (Å²) in [4.78, 5) is 10.8. The van der Waals surface area contributed by atoms with E-state index in [4.69, 9.17) is 15.2 Å². The highest BCUT2D eigenvalue weighted by atomic mass is 15.5. The number of para-hydroxylation sites is 1. The minimum Gasteiger partial charge on any atom is -0.264 e. The molecule has 9 rings (SSSR count). The maximum Gasteiger partial charge on any atom is 0.114 e. The van der Waals surface area contributed by atoms with E-state index in [1.165, 1.54) is 32.7 Å². The van der Waals surface area contributed by atoms with Crippen molar-refractivity contribution in [3.63, 3.8) is 0 Å². The van der Waals surface area contributed by atoms with Crippen LogP contribution in [0.5, 0.6) is 0 Å². The van der Waals surface area contributed by atoms with Crippen LogP contribution >= 0.6 is 0 Å². The van der Waals surface area contributed by atoms with E-state index in [2.05, 4.69) is 114 Å². The first-order valence-electron chi connectivity index (χ1n) is 15.0. The van der Waals surface area contributed by atoms with E-state index >= 15 is 0 Å². The van der Waals surface area contributed by atoms with Gasteiger partial charge in [0.15, 0.2) is 0 Å². The number of fused-ring (bicyclic) bond motifs is 4. The molecule has 0 aliphatic rings. The number of hydrogen-bond donors (Lipinski definition) is 0. The van der Waals surface area contributed by atoms with E-state index in [-0.39, 0.29) is 0 Å². The molecule has 0 aliphatic heterocycles. The van der Waals surface area contributed by atoms with Gasteiger partial charge in [0.2, 0.25) is 0 Å². The van der Waals surface area contributed by atoms with Gasteiger partial charge in [-0.05, 0) is 91.8 Å².